The van der Waals surface area contributed by atoms with Gasteiger partial charge in [0, 0.05) is 12.6 Å². The van der Waals surface area contributed by atoms with Gasteiger partial charge in [-0.15, -0.1) is 0 Å². The lowest BCUT2D eigenvalue weighted by Crippen LogP contribution is -2.42. The lowest BCUT2D eigenvalue weighted by molar-refractivity contribution is 0.277. The number of hydrogen-bond donors (Lipinski definition) is 1. The van der Waals surface area contributed by atoms with E-state index >= 15 is 0 Å². The number of sulfonamides is 1. The maximum Gasteiger partial charge on any atom is 0.245 e. The van der Waals surface area contributed by atoms with Crippen LogP contribution in [-0.2, 0) is 10.0 Å². The predicted octanol–water partition coefficient (Wildman–Crippen LogP) is 3.24. The number of nitrogen functional groups attached to an aromatic ring is 1. The number of nitrogens with two attached hydrogens (primary N) is 1. The standard InChI is InChI=1S/C15H25FN2O2S/c1-5-13(6-2)18(10-11(3)4)21(19,20)15-9-12(16)7-8-14(15)17/h7-9,11,13H,5-6,10,17H2,1-4H3. The molecule has 1 aromatic rings. The molecule has 0 aliphatic carbocycles. The maximum absolute atomic E-state index is 13.4. The van der Waals surface area contributed by atoms with Gasteiger partial charge in [0.25, 0.3) is 0 Å². The lowest BCUT2D eigenvalue weighted by atomic mass is 10.1. The van der Waals surface area contributed by atoms with Crippen LogP contribution in [0.5, 0.6) is 0 Å². The Balaban J connectivity index is 3.35. The van der Waals surface area contributed by atoms with Crippen LogP contribution >= 0.6 is 0 Å². The van der Waals surface area contributed by atoms with Gasteiger partial charge >= 0.3 is 0 Å². The van der Waals surface area contributed by atoms with E-state index in [0.29, 0.717) is 19.4 Å². The molecular weight excluding hydrogens is 291 g/mol. The molecule has 0 saturated heterocycles. The fourth-order valence-electron chi connectivity index (χ4n) is 2.36. The highest BCUT2D eigenvalue weighted by molar-refractivity contribution is 7.89. The van der Waals surface area contributed by atoms with Crippen LogP contribution in [0.25, 0.3) is 0 Å². The highest BCUT2D eigenvalue weighted by atomic mass is 32.2. The van der Waals surface area contributed by atoms with Crippen LogP contribution in [0.15, 0.2) is 23.1 Å². The molecule has 0 amide bonds. The van der Waals surface area contributed by atoms with Crippen molar-refractivity contribution in [2.24, 2.45) is 5.92 Å². The summed E-state index contributed by atoms with van der Waals surface area (Å²) in [5.41, 5.74) is 5.83. The molecule has 0 aromatic heterocycles. The highest BCUT2D eigenvalue weighted by Crippen LogP contribution is 2.27. The van der Waals surface area contributed by atoms with E-state index in [1.807, 2.05) is 27.7 Å². The summed E-state index contributed by atoms with van der Waals surface area (Å²) in [4.78, 5) is -0.143. The summed E-state index contributed by atoms with van der Waals surface area (Å²) in [7, 11) is -3.80. The molecule has 0 bridgehead atoms. The topological polar surface area (TPSA) is 63.4 Å². The van der Waals surface area contributed by atoms with E-state index in [9.17, 15) is 12.8 Å². The minimum Gasteiger partial charge on any atom is -0.398 e. The monoisotopic (exact) mass is 316 g/mol. The molecule has 0 heterocycles. The van der Waals surface area contributed by atoms with E-state index < -0.39 is 15.8 Å². The molecule has 1 aromatic carbocycles. The predicted molar refractivity (Wildman–Crippen MR) is 83.9 cm³/mol. The average molecular weight is 316 g/mol. The van der Waals surface area contributed by atoms with E-state index in [0.717, 1.165) is 12.1 Å². The van der Waals surface area contributed by atoms with E-state index in [1.54, 1.807) is 0 Å². The summed E-state index contributed by atoms with van der Waals surface area (Å²) in [6.45, 7) is 8.21. The number of rotatable bonds is 7. The normalized spacial score (nSPS) is 12.6. The number of benzene rings is 1. The number of nitrogens with zero attached hydrogens (tertiary/aromatic N) is 1. The van der Waals surface area contributed by atoms with Gasteiger partial charge in [0.15, 0.2) is 0 Å². The quantitative estimate of drug-likeness (QED) is 0.785. The molecule has 2 N–H and O–H groups in total. The Kier molecular flexibility index (Phi) is 6.16. The summed E-state index contributed by atoms with van der Waals surface area (Å²) in [5.74, 6) is -0.424. The fourth-order valence-corrected chi connectivity index (χ4v) is 4.42. The number of halogens is 1. The summed E-state index contributed by atoms with van der Waals surface area (Å²) in [6, 6.07) is 3.35. The zero-order valence-corrected chi connectivity index (χ0v) is 14.0. The third-order valence-corrected chi connectivity index (χ3v) is 5.43. The second-order valence-electron chi connectivity index (χ2n) is 5.62. The zero-order valence-electron chi connectivity index (χ0n) is 13.1. The van der Waals surface area contributed by atoms with Gasteiger partial charge in [0.05, 0.1) is 5.69 Å². The Labute approximate surface area is 127 Å². The second kappa shape index (κ2) is 7.22. The largest absolute Gasteiger partial charge is 0.398 e. The Morgan fingerprint density at radius 1 is 1.24 bits per heavy atom. The van der Waals surface area contributed by atoms with Crippen molar-refractivity contribution in [2.45, 2.75) is 51.5 Å². The third kappa shape index (κ3) is 4.17. The Morgan fingerprint density at radius 2 is 1.81 bits per heavy atom. The molecule has 0 unspecified atom stereocenters. The number of hydrogen-bond acceptors (Lipinski definition) is 3. The molecule has 1 rings (SSSR count). The lowest BCUT2D eigenvalue weighted by Gasteiger charge is -2.31. The van der Waals surface area contributed by atoms with Gasteiger partial charge in [-0.25, -0.2) is 12.8 Å². The van der Waals surface area contributed by atoms with Gasteiger partial charge in [-0.1, -0.05) is 27.7 Å². The van der Waals surface area contributed by atoms with Crippen molar-refractivity contribution in [3.63, 3.8) is 0 Å². The maximum atomic E-state index is 13.4. The molecule has 0 radical (unpaired) electrons. The highest BCUT2D eigenvalue weighted by Gasteiger charge is 2.31. The molecule has 0 saturated carbocycles. The fraction of sp³-hybridized carbons (Fsp3) is 0.600. The molecule has 120 valence electrons. The Hall–Kier alpha value is -1.14. The van der Waals surface area contributed by atoms with Crippen molar-refractivity contribution in [3.05, 3.63) is 24.0 Å². The van der Waals surface area contributed by atoms with Gasteiger partial charge in [-0.05, 0) is 37.0 Å². The smallest absolute Gasteiger partial charge is 0.245 e. The van der Waals surface area contributed by atoms with Crippen LogP contribution in [-0.4, -0.2) is 25.3 Å². The molecule has 6 heteroatoms. The first-order valence-electron chi connectivity index (χ1n) is 7.30. The average Bonchev–Trinajstić information content (AvgIpc) is 2.41. The van der Waals surface area contributed by atoms with Crippen LogP contribution in [0.2, 0.25) is 0 Å². The molecule has 21 heavy (non-hydrogen) atoms. The van der Waals surface area contributed by atoms with E-state index in [2.05, 4.69) is 0 Å². The van der Waals surface area contributed by atoms with Crippen LogP contribution in [0.4, 0.5) is 10.1 Å². The first-order valence-corrected chi connectivity index (χ1v) is 8.74. The van der Waals surface area contributed by atoms with Crippen molar-refractivity contribution in [2.75, 3.05) is 12.3 Å². The van der Waals surface area contributed by atoms with E-state index in [-0.39, 0.29) is 22.5 Å². The van der Waals surface area contributed by atoms with Gasteiger partial charge in [-0.2, -0.15) is 4.31 Å². The van der Waals surface area contributed by atoms with Crippen LogP contribution in [0.1, 0.15) is 40.5 Å². The van der Waals surface area contributed by atoms with E-state index in [1.165, 1.54) is 10.4 Å². The van der Waals surface area contributed by atoms with Crippen molar-refractivity contribution in [1.29, 1.82) is 0 Å². The molecule has 4 nitrogen and oxygen atoms in total. The molecule has 0 atom stereocenters. The third-order valence-electron chi connectivity index (χ3n) is 3.46. The van der Waals surface area contributed by atoms with Crippen LogP contribution < -0.4 is 5.73 Å². The van der Waals surface area contributed by atoms with Crippen molar-refractivity contribution in [1.82, 2.24) is 4.31 Å². The Morgan fingerprint density at radius 3 is 2.29 bits per heavy atom. The van der Waals surface area contributed by atoms with Gasteiger partial charge in [-0.3, -0.25) is 0 Å². The van der Waals surface area contributed by atoms with Crippen molar-refractivity contribution < 1.29 is 12.8 Å². The van der Waals surface area contributed by atoms with Crippen LogP contribution in [0.3, 0.4) is 0 Å². The summed E-state index contributed by atoms with van der Waals surface area (Å²) >= 11 is 0. The molecule has 0 fully saturated rings. The Bertz CT molecular complexity index is 569. The van der Waals surface area contributed by atoms with Gasteiger partial charge < -0.3 is 5.73 Å². The minimum absolute atomic E-state index is 0.0797. The minimum atomic E-state index is -3.80. The summed E-state index contributed by atoms with van der Waals surface area (Å²) in [6.07, 6.45) is 1.41. The molecule has 0 spiro atoms. The first-order chi connectivity index (χ1) is 9.73. The summed E-state index contributed by atoms with van der Waals surface area (Å²) < 4.78 is 40.6. The molecule has 0 aliphatic rings. The van der Waals surface area contributed by atoms with Crippen LogP contribution in [0, 0.1) is 11.7 Å². The molecule has 0 aliphatic heterocycles. The second-order valence-corrected chi connectivity index (χ2v) is 7.48. The number of anilines is 1. The zero-order chi connectivity index (χ0) is 16.2. The SMILES string of the molecule is CCC(CC)N(CC(C)C)S(=O)(=O)c1cc(F)ccc1N. The van der Waals surface area contributed by atoms with Gasteiger partial charge in [0.2, 0.25) is 10.0 Å². The first kappa shape index (κ1) is 17.9. The van der Waals surface area contributed by atoms with E-state index in [4.69, 9.17) is 5.73 Å². The van der Waals surface area contributed by atoms with Crippen molar-refractivity contribution in [3.8, 4) is 0 Å². The molecular formula is C15H25FN2O2S. The van der Waals surface area contributed by atoms with Crippen molar-refractivity contribution >= 4 is 15.7 Å². The van der Waals surface area contributed by atoms with Gasteiger partial charge in [0.1, 0.15) is 10.7 Å². The summed E-state index contributed by atoms with van der Waals surface area (Å²) in [5, 5.41) is 0.